The summed E-state index contributed by atoms with van der Waals surface area (Å²) in [6, 6.07) is 5.26. The van der Waals surface area contributed by atoms with E-state index in [9.17, 15) is 31.1 Å². The van der Waals surface area contributed by atoms with Crippen LogP contribution in [0.15, 0.2) is 35.7 Å². The van der Waals surface area contributed by atoms with E-state index in [1.54, 1.807) is 11.3 Å². The minimum atomic E-state index is -4.91. The highest BCUT2D eigenvalue weighted by Gasteiger charge is 2.52. The minimum Gasteiger partial charge on any atom is -0.372 e. The lowest BCUT2D eigenvalue weighted by atomic mass is 9.88. The highest BCUT2D eigenvalue weighted by atomic mass is 32.1. The van der Waals surface area contributed by atoms with Gasteiger partial charge in [-0.05, 0) is 61.4 Å². The van der Waals surface area contributed by atoms with Crippen molar-refractivity contribution in [2.75, 3.05) is 0 Å². The Labute approximate surface area is 196 Å². The highest BCUT2D eigenvalue weighted by Crippen LogP contribution is 2.42. The second-order valence-electron chi connectivity index (χ2n) is 9.07. The van der Waals surface area contributed by atoms with E-state index in [1.807, 2.05) is 24.4 Å². The molecular weight excluding hydrogens is 482 g/mol. The zero-order chi connectivity index (χ0) is 24.7. The molecule has 2 aromatic rings. The fourth-order valence-corrected chi connectivity index (χ4v) is 5.53. The maximum Gasteiger partial charge on any atom is 0.416 e. The van der Waals surface area contributed by atoms with Crippen molar-refractivity contribution in [3.05, 3.63) is 57.3 Å². The van der Waals surface area contributed by atoms with E-state index < -0.39 is 41.7 Å². The lowest BCUT2D eigenvalue weighted by Crippen LogP contribution is -2.55. The van der Waals surface area contributed by atoms with Gasteiger partial charge < -0.3 is 15.4 Å². The molecule has 3 heterocycles. The summed E-state index contributed by atoms with van der Waals surface area (Å²) in [5.41, 5.74) is -3.53. The molecule has 0 spiro atoms. The van der Waals surface area contributed by atoms with E-state index in [4.69, 9.17) is 4.74 Å². The van der Waals surface area contributed by atoms with Crippen molar-refractivity contribution < 1.29 is 35.9 Å². The van der Waals surface area contributed by atoms with Gasteiger partial charge >= 0.3 is 12.4 Å². The molecular formula is C23H24F6N2O2S. The topological polar surface area (TPSA) is 50.4 Å². The summed E-state index contributed by atoms with van der Waals surface area (Å²) in [6.45, 7) is 1.92. The van der Waals surface area contributed by atoms with Crippen LogP contribution >= 0.6 is 11.3 Å². The Bertz CT molecular complexity index is 991. The van der Waals surface area contributed by atoms with Gasteiger partial charge in [-0.1, -0.05) is 6.07 Å². The Morgan fingerprint density at radius 2 is 1.82 bits per heavy atom. The number of hydrogen-bond acceptors (Lipinski definition) is 4. The molecule has 2 bridgehead atoms. The molecule has 34 heavy (non-hydrogen) atoms. The first kappa shape index (κ1) is 25.0. The van der Waals surface area contributed by atoms with Crippen LogP contribution in [-0.4, -0.2) is 23.6 Å². The van der Waals surface area contributed by atoms with Gasteiger partial charge in [-0.2, -0.15) is 26.3 Å². The van der Waals surface area contributed by atoms with Gasteiger partial charge in [-0.15, -0.1) is 11.3 Å². The van der Waals surface area contributed by atoms with Crippen molar-refractivity contribution in [1.82, 2.24) is 10.6 Å². The van der Waals surface area contributed by atoms with Gasteiger partial charge in [0.05, 0.1) is 36.3 Å². The minimum absolute atomic E-state index is 0.0569. The summed E-state index contributed by atoms with van der Waals surface area (Å²) in [5, 5.41) is 8.28. The summed E-state index contributed by atoms with van der Waals surface area (Å²) < 4.78 is 84.6. The van der Waals surface area contributed by atoms with Crippen molar-refractivity contribution in [3.63, 3.8) is 0 Å². The second kappa shape index (κ2) is 9.16. The first-order valence-corrected chi connectivity index (χ1v) is 11.7. The third-order valence-electron chi connectivity index (χ3n) is 6.55. The number of alkyl halides is 6. The number of benzene rings is 1. The molecule has 2 fully saturated rings. The Hall–Kier alpha value is -2.11. The fraction of sp³-hybridized carbons (Fsp3) is 0.522. The standard InChI is InChI=1S/C23H24F6N2O2S/c1-21-10-17(20(32)30-11-16-3-2-6-34-16)18(31-21)4-5-19(21)33-12-13-7-14(22(24,25)26)9-15(8-13)23(27,28)29/h2-3,6-9,17-19,31H,4-5,10-12H2,1H3,(H,30,32). The second-order valence-corrected chi connectivity index (χ2v) is 10.1. The molecule has 4 rings (SSSR count). The molecule has 0 radical (unpaired) electrons. The van der Waals surface area contributed by atoms with Gasteiger partial charge in [0.1, 0.15) is 0 Å². The monoisotopic (exact) mass is 506 g/mol. The van der Waals surface area contributed by atoms with Crippen LogP contribution in [0.3, 0.4) is 0 Å². The smallest absolute Gasteiger partial charge is 0.372 e. The van der Waals surface area contributed by atoms with Crippen molar-refractivity contribution in [2.45, 2.75) is 69.4 Å². The van der Waals surface area contributed by atoms with Gasteiger partial charge in [-0.3, -0.25) is 4.79 Å². The number of carbonyl (C=O) groups is 1. The highest BCUT2D eigenvalue weighted by molar-refractivity contribution is 7.09. The number of amides is 1. The lowest BCUT2D eigenvalue weighted by molar-refractivity contribution is -0.143. The Morgan fingerprint density at radius 3 is 2.41 bits per heavy atom. The summed E-state index contributed by atoms with van der Waals surface area (Å²) in [4.78, 5) is 13.8. The van der Waals surface area contributed by atoms with Crippen LogP contribution < -0.4 is 10.6 Å². The van der Waals surface area contributed by atoms with E-state index in [0.717, 1.165) is 4.88 Å². The van der Waals surface area contributed by atoms with Crippen LogP contribution in [0, 0.1) is 5.92 Å². The predicted octanol–water partition coefficient (Wildman–Crippen LogP) is 5.52. The van der Waals surface area contributed by atoms with E-state index in [2.05, 4.69) is 10.6 Å². The van der Waals surface area contributed by atoms with Gasteiger partial charge in [0.15, 0.2) is 0 Å². The zero-order valence-electron chi connectivity index (χ0n) is 18.2. The molecule has 4 unspecified atom stereocenters. The van der Waals surface area contributed by atoms with E-state index in [1.165, 1.54) is 0 Å². The normalized spacial score (nSPS) is 27.1. The number of piperidine rings is 1. The lowest BCUT2D eigenvalue weighted by Gasteiger charge is -2.39. The molecule has 11 heteroatoms. The van der Waals surface area contributed by atoms with E-state index >= 15 is 0 Å². The third-order valence-corrected chi connectivity index (χ3v) is 7.42. The van der Waals surface area contributed by atoms with Gasteiger partial charge in [0, 0.05) is 16.5 Å². The van der Waals surface area contributed by atoms with Gasteiger partial charge in [0.2, 0.25) is 5.91 Å². The number of hydrogen-bond donors (Lipinski definition) is 2. The first-order valence-electron chi connectivity index (χ1n) is 10.8. The number of ether oxygens (including phenoxy) is 1. The SMILES string of the molecule is CC12CC(C(=O)NCc3cccs3)C(CCC1OCc1cc(C(F)(F)F)cc(C(F)(F)F)c1)N2. The van der Waals surface area contributed by atoms with Crippen LogP contribution in [0.25, 0.3) is 0 Å². The number of nitrogens with one attached hydrogen (secondary N) is 2. The maximum absolute atomic E-state index is 13.1. The van der Waals surface area contributed by atoms with Gasteiger partial charge in [-0.25, -0.2) is 0 Å². The molecule has 2 saturated heterocycles. The average Bonchev–Trinajstić information content (AvgIpc) is 3.36. The summed E-state index contributed by atoms with van der Waals surface area (Å²) in [7, 11) is 0. The molecule has 4 atom stereocenters. The quantitative estimate of drug-likeness (QED) is 0.508. The van der Waals surface area contributed by atoms with E-state index in [-0.39, 0.29) is 29.5 Å². The molecule has 0 aliphatic carbocycles. The number of rotatable bonds is 6. The van der Waals surface area contributed by atoms with Crippen molar-refractivity contribution in [1.29, 1.82) is 0 Å². The van der Waals surface area contributed by atoms with Crippen LogP contribution in [-0.2, 0) is 35.0 Å². The summed E-state index contributed by atoms with van der Waals surface area (Å²) in [6.07, 6.45) is -8.63. The summed E-state index contributed by atoms with van der Waals surface area (Å²) in [5.74, 6) is -0.369. The average molecular weight is 507 g/mol. The van der Waals surface area contributed by atoms with Crippen LogP contribution in [0.5, 0.6) is 0 Å². The molecule has 2 N–H and O–H groups in total. The molecule has 2 aliphatic heterocycles. The van der Waals surface area contributed by atoms with Crippen molar-refractivity contribution in [3.8, 4) is 0 Å². The number of thiophene rings is 1. The zero-order valence-corrected chi connectivity index (χ0v) is 19.0. The molecule has 1 aromatic heterocycles. The van der Waals surface area contributed by atoms with E-state index in [0.29, 0.717) is 37.9 Å². The summed E-state index contributed by atoms with van der Waals surface area (Å²) >= 11 is 1.54. The molecule has 4 nitrogen and oxygen atoms in total. The Morgan fingerprint density at radius 1 is 1.15 bits per heavy atom. The Balaban J connectivity index is 1.42. The molecule has 2 aliphatic rings. The Kier molecular flexibility index (Phi) is 6.73. The third kappa shape index (κ3) is 5.41. The van der Waals surface area contributed by atoms with Crippen LogP contribution in [0.2, 0.25) is 0 Å². The molecule has 186 valence electrons. The molecule has 1 amide bonds. The number of fused-ring (bicyclic) bond motifs is 2. The maximum atomic E-state index is 13.1. The van der Waals surface area contributed by atoms with Crippen LogP contribution in [0.4, 0.5) is 26.3 Å². The van der Waals surface area contributed by atoms with Gasteiger partial charge in [0.25, 0.3) is 0 Å². The molecule has 1 aromatic carbocycles. The van der Waals surface area contributed by atoms with Crippen LogP contribution in [0.1, 0.15) is 47.8 Å². The van der Waals surface area contributed by atoms with Crippen molar-refractivity contribution >= 4 is 17.2 Å². The fourth-order valence-electron chi connectivity index (χ4n) is 4.89. The predicted molar refractivity (Wildman–Crippen MR) is 114 cm³/mol. The number of halogens is 6. The molecule has 0 saturated carbocycles. The first-order chi connectivity index (χ1) is 15.8. The van der Waals surface area contributed by atoms with Crippen molar-refractivity contribution in [2.24, 2.45) is 5.92 Å². The largest absolute Gasteiger partial charge is 0.416 e. The number of carbonyl (C=O) groups excluding carboxylic acids is 1.